The number of benzene rings is 1. The maximum atomic E-state index is 12.3. The van der Waals surface area contributed by atoms with Crippen molar-refractivity contribution in [3.8, 4) is 0 Å². The number of carboxylic acids is 1. The molecule has 0 fully saturated rings. The normalized spacial score (nSPS) is 13.8. The van der Waals surface area contributed by atoms with Crippen LogP contribution in [0.3, 0.4) is 0 Å². The van der Waals surface area contributed by atoms with Crippen LogP contribution in [-0.2, 0) is 13.0 Å². The van der Waals surface area contributed by atoms with Crippen LogP contribution in [-0.4, -0.2) is 47.0 Å². The molecule has 2 rings (SSSR count). The van der Waals surface area contributed by atoms with Crippen LogP contribution < -0.4 is 0 Å². The Bertz CT molecular complexity index is 528. The summed E-state index contributed by atoms with van der Waals surface area (Å²) >= 11 is 0. The van der Waals surface area contributed by atoms with Crippen LogP contribution >= 0.6 is 0 Å². The van der Waals surface area contributed by atoms with Gasteiger partial charge in [0.25, 0.3) is 0 Å². The summed E-state index contributed by atoms with van der Waals surface area (Å²) in [5, 5.41) is 9.03. The van der Waals surface area contributed by atoms with E-state index in [4.69, 9.17) is 5.11 Å². The molecule has 0 atom stereocenters. The van der Waals surface area contributed by atoms with Gasteiger partial charge in [-0.15, -0.1) is 0 Å². The second kappa shape index (κ2) is 5.94. The van der Waals surface area contributed by atoms with Gasteiger partial charge in [0.15, 0.2) is 0 Å². The van der Waals surface area contributed by atoms with Gasteiger partial charge in [0.1, 0.15) is 0 Å². The van der Waals surface area contributed by atoms with Gasteiger partial charge in [0.2, 0.25) is 0 Å². The van der Waals surface area contributed by atoms with E-state index in [1.807, 2.05) is 13.0 Å². The zero-order valence-corrected chi connectivity index (χ0v) is 11.9. The summed E-state index contributed by atoms with van der Waals surface area (Å²) in [6.07, 6.45) is 1.71. The minimum Gasteiger partial charge on any atom is -0.478 e. The van der Waals surface area contributed by atoms with E-state index < -0.39 is 5.97 Å². The summed E-state index contributed by atoms with van der Waals surface area (Å²) in [7, 11) is 1.80. The highest BCUT2D eigenvalue weighted by Gasteiger charge is 2.23. The number of carboxylic acid groups (broad SMARTS) is 1. The minimum atomic E-state index is -0.931. The van der Waals surface area contributed by atoms with Crippen molar-refractivity contribution in [3.05, 3.63) is 34.9 Å². The molecule has 1 N–H and O–H groups in total. The first-order chi connectivity index (χ1) is 9.52. The van der Waals surface area contributed by atoms with Crippen LogP contribution in [0.5, 0.6) is 0 Å². The van der Waals surface area contributed by atoms with Gasteiger partial charge < -0.3 is 14.9 Å². The highest BCUT2D eigenvalue weighted by molar-refractivity contribution is 5.88. The topological polar surface area (TPSA) is 60.9 Å². The first-order valence-electron chi connectivity index (χ1n) is 6.88. The van der Waals surface area contributed by atoms with Gasteiger partial charge in [-0.3, -0.25) is 0 Å². The first kappa shape index (κ1) is 14.4. The quantitative estimate of drug-likeness (QED) is 0.920. The monoisotopic (exact) mass is 276 g/mol. The van der Waals surface area contributed by atoms with Crippen LogP contribution in [0.15, 0.2) is 18.2 Å². The summed E-state index contributed by atoms with van der Waals surface area (Å²) in [6.45, 7) is 3.95. The summed E-state index contributed by atoms with van der Waals surface area (Å²) in [4.78, 5) is 26.8. The van der Waals surface area contributed by atoms with E-state index in [2.05, 4.69) is 0 Å². The number of rotatable bonds is 3. The average molecular weight is 276 g/mol. The Hall–Kier alpha value is -2.04. The zero-order chi connectivity index (χ0) is 14.7. The van der Waals surface area contributed by atoms with Gasteiger partial charge in [-0.2, -0.15) is 0 Å². The Kier molecular flexibility index (Phi) is 4.27. The smallest absolute Gasteiger partial charge is 0.335 e. The molecule has 1 heterocycles. The molecule has 20 heavy (non-hydrogen) atoms. The second-order valence-corrected chi connectivity index (χ2v) is 5.16. The third-order valence-corrected chi connectivity index (χ3v) is 3.62. The first-order valence-corrected chi connectivity index (χ1v) is 6.88. The molecule has 5 heteroatoms. The molecule has 1 aromatic rings. The van der Waals surface area contributed by atoms with Crippen LogP contribution in [0.4, 0.5) is 4.79 Å². The van der Waals surface area contributed by atoms with E-state index in [1.165, 1.54) is 0 Å². The predicted octanol–water partition coefficient (Wildman–Crippen LogP) is 2.20. The Morgan fingerprint density at radius 1 is 1.35 bits per heavy atom. The number of hydrogen-bond donors (Lipinski definition) is 1. The maximum Gasteiger partial charge on any atom is 0.335 e. The maximum absolute atomic E-state index is 12.3. The van der Waals surface area contributed by atoms with Crippen molar-refractivity contribution in [2.45, 2.75) is 26.3 Å². The standard InChI is InChI=1S/C15H20N2O3/c1-3-7-16(2)15(20)17-8-6-11-4-5-12(14(18)19)9-13(11)10-17/h4-5,9H,3,6-8,10H2,1-2H3,(H,18,19). The molecular weight excluding hydrogens is 256 g/mol. The highest BCUT2D eigenvalue weighted by Crippen LogP contribution is 2.21. The van der Waals surface area contributed by atoms with E-state index >= 15 is 0 Å². The zero-order valence-electron chi connectivity index (χ0n) is 11.9. The van der Waals surface area contributed by atoms with Crippen molar-refractivity contribution in [2.24, 2.45) is 0 Å². The lowest BCUT2D eigenvalue weighted by Gasteiger charge is -2.32. The molecule has 0 saturated heterocycles. The number of nitrogens with zero attached hydrogens (tertiary/aromatic N) is 2. The largest absolute Gasteiger partial charge is 0.478 e. The highest BCUT2D eigenvalue weighted by atomic mass is 16.4. The molecule has 1 aliphatic rings. The third kappa shape index (κ3) is 2.92. The van der Waals surface area contributed by atoms with Gasteiger partial charge in [0, 0.05) is 26.7 Å². The second-order valence-electron chi connectivity index (χ2n) is 5.16. The molecule has 1 aromatic carbocycles. The van der Waals surface area contributed by atoms with Crippen LogP contribution in [0, 0.1) is 0 Å². The summed E-state index contributed by atoms with van der Waals surface area (Å²) in [5.74, 6) is -0.931. The molecule has 0 saturated carbocycles. The van der Waals surface area contributed by atoms with Crippen molar-refractivity contribution in [3.63, 3.8) is 0 Å². The molecule has 0 aromatic heterocycles. The average Bonchev–Trinajstić information content (AvgIpc) is 2.45. The molecule has 0 aliphatic carbocycles. The molecule has 0 radical (unpaired) electrons. The number of urea groups is 1. The van der Waals surface area contributed by atoms with Gasteiger partial charge >= 0.3 is 12.0 Å². The number of carbonyl (C=O) groups is 2. The van der Waals surface area contributed by atoms with E-state index in [0.29, 0.717) is 13.1 Å². The fourth-order valence-electron chi connectivity index (χ4n) is 2.53. The van der Waals surface area contributed by atoms with Crippen molar-refractivity contribution < 1.29 is 14.7 Å². The summed E-state index contributed by atoms with van der Waals surface area (Å²) in [6, 6.07) is 5.17. The van der Waals surface area contributed by atoms with E-state index in [9.17, 15) is 9.59 Å². The molecule has 1 aliphatic heterocycles. The van der Waals surface area contributed by atoms with Crippen molar-refractivity contribution >= 4 is 12.0 Å². The Morgan fingerprint density at radius 2 is 2.10 bits per heavy atom. The van der Waals surface area contributed by atoms with E-state index in [-0.39, 0.29) is 11.6 Å². The summed E-state index contributed by atoms with van der Waals surface area (Å²) < 4.78 is 0. The Morgan fingerprint density at radius 3 is 2.75 bits per heavy atom. The van der Waals surface area contributed by atoms with Gasteiger partial charge in [-0.05, 0) is 36.1 Å². The summed E-state index contributed by atoms with van der Waals surface area (Å²) in [5.41, 5.74) is 2.35. The Balaban J connectivity index is 2.15. The number of fused-ring (bicyclic) bond motifs is 1. The van der Waals surface area contributed by atoms with Crippen molar-refractivity contribution in [1.82, 2.24) is 9.80 Å². The number of carbonyl (C=O) groups excluding carboxylic acids is 1. The number of amides is 2. The minimum absolute atomic E-state index is 0.0122. The number of hydrogen-bond acceptors (Lipinski definition) is 2. The molecule has 108 valence electrons. The molecule has 0 spiro atoms. The SMILES string of the molecule is CCCN(C)C(=O)N1CCc2ccc(C(=O)O)cc2C1. The molecule has 2 amide bonds. The van der Waals surface area contributed by atoms with Crippen molar-refractivity contribution in [1.29, 1.82) is 0 Å². The van der Waals surface area contributed by atoms with Gasteiger partial charge in [0.05, 0.1) is 5.56 Å². The fourth-order valence-corrected chi connectivity index (χ4v) is 2.53. The molecular formula is C15H20N2O3. The van der Waals surface area contributed by atoms with Gasteiger partial charge in [-0.25, -0.2) is 9.59 Å². The van der Waals surface area contributed by atoms with E-state index in [0.717, 1.165) is 30.5 Å². The fraction of sp³-hybridized carbons (Fsp3) is 0.467. The molecule has 5 nitrogen and oxygen atoms in total. The lowest BCUT2D eigenvalue weighted by atomic mass is 9.97. The lowest BCUT2D eigenvalue weighted by Crippen LogP contribution is -2.43. The molecule has 0 unspecified atom stereocenters. The van der Waals surface area contributed by atoms with Crippen LogP contribution in [0.25, 0.3) is 0 Å². The lowest BCUT2D eigenvalue weighted by molar-refractivity contribution is 0.0696. The van der Waals surface area contributed by atoms with Crippen molar-refractivity contribution in [2.75, 3.05) is 20.1 Å². The predicted molar refractivity (Wildman–Crippen MR) is 75.8 cm³/mol. The van der Waals surface area contributed by atoms with Crippen LogP contribution in [0.1, 0.15) is 34.8 Å². The third-order valence-electron chi connectivity index (χ3n) is 3.62. The number of aromatic carboxylic acids is 1. The Labute approximate surface area is 118 Å². The molecule has 0 bridgehead atoms. The van der Waals surface area contributed by atoms with Crippen LogP contribution in [0.2, 0.25) is 0 Å². The van der Waals surface area contributed by atoms with Gasteiger partial charge in [-0.1, -0.05) is 13.0 Å². The van der Waals surface area contributed by atoms with E-state index in [1.54, 1.807) is 29.0 Å².